The van der Waals surface area contributed by atoms with Crippen LogP contribution in [-0.4, -0.2) is 74.9 Å². The van der Waals surface area contributed by atoms with Gasteiger partial charge in [0, 0.05) is 25.2 Å². The SMILES string of the molecule is COc1cc(-n2cnc(Nc3nc(N4CCCC4CO)c4c(C)nn(CC5CC5)c4n3)c2)cc(OC)c1OC. The van der Waals surface area contributed by atoms with Gasteiger partial charge in [-0.15, -0.1) is 0 Å². The summed E-state index contributed by atoms with van der Waals surface area (Å²) >= 11 is 0. The smallest absolute Gasteiger partial charge is 0.232 e. The van der Waals surface area contributed by atoms with Crippen molar-refractivity contribution in [2.45, 2.75) is 45.2 Å². The summed E-state index contributed by atoms with van der Waals surface area (Å²) in [6, 6.07) is 3.74. The molecular weight excluding hydrogens is 500 g/mol. The minimum absolute atomic E-state index is 0.0290. The van der Waals surface area contributed by atoms with Gasteiger partial charge in [0.1, 0.15) is 12.1 Å². The number of fused-ring (bicyclic) bond motifs is 1. The first-order valence-corrected chi connectivity index (χ1v) is 13.3. The van der Waals surface area contributed by atoms with E-state index in [2.05, 4.69) is 15.2 Å². The number of methoxy groups -OCH3 is 3. The van der Waals surface area contributed by atoms with E-state index in [9.17, 15) is 5.11 Å². The number of hydrogen-bond donors (Lipinski definition) is 2. The second-order valence-corrected chi connectivity index (χ2v) is 10.1. The zero-order chi connectivity index (χ0) is 27.1. The Bertz CT molecular complexity index is 1470. The molecule has 1 saturated heterocycles. The van der Waals surface area contributed by atoms with E-state index in [0.717, 1.165) is 54.2 Å². The first-order valence-electron chi connectivity index (χ1n) is 13.3. The number of benzene rings is 1. The highest BCUT2D eigenvalue weighted by Gasteiger charge is 2.30. The van der Waals surface area contributed by atoms with E-state index in [0.29, 0.717) is 34.9 Å². The Hall–Kier alpha value is -4.06. The second-order valence-electron chi connectivity index (χ2n) is 10.1. The molecule has 0 amide bonds. The molecule has 39 heavy (non-hydrogen) atoms. The third-order valence-electron chi connectivity index (χ3n) is 7.51. The maximum atomic E-state index is 10.0. The fourth-order valence-corrected chi connectivity index (χ4v) is 5.33. The number of imidazole rings is 1. The van der Waals surface area contributed by atoms with E-state index < -0.39 is 0 Å². The van der Waals surface area contributed by atoms with Gasteiger partial charge in [0.25, 0.3) is 0 Å². The Morgan fingerprint density at radius 3 is 2.49 bits per heavy atom. The quantitative estimate of drug-likeness (QED) is 0.312. The number of aryl methyl sites for hydroxylation is 1. The van der Waals surface area contributed by atoms with Gasteiger partial charge in [-0.25, -0.2) is 9.67 Å². The van der Waals surface area contributed by atoms with E-state index in [1.54, 1.807) is 27.7 Å². The molecule has 0 radical (unpaired) electrons. The highest BCUT2D eigenvalue weighted by molar-refractivity contribution is 5.91. The van der Waals surface area contributed by atoms with Crippen molar-refractivity contribution < 1.29 is 19.3 Å². The minimum atomic E-state index is 0.0290. The monoisotopic (exact) mass is 534 g/mol. The lowest BCUT2D eigenvalue weighted by Gasteiger charge is -2.25. The van der Waals surface area contributed by atoms with Crippen molar-refractivity contribution >= 4 is 28.6 Å². The Labute approximate surface area is 226 Å². The molecule has 2 aliphatic rings. The molecule has 0 spiro atoms. The molecule has 2 N–H and O–H groups in total. The van der Waals surface area contributed by atoms with Crippen LogP contribution in [0, 0.1) is 12.8 Å². The van der Waals surface area contributed by atoms with Crippen LogP contribution in [0.15, 0.2) is 24.7 Å². The number of aliphatic hydroxyl groups excluding tert-OH is 1. The highest BCUT2D eigenvalue weighted by Crippen LogP contribution is 2.40. The van der Waals surface area contributed by atoms with Crippen molar-refractivity contribution in [1.82, 2.24) is 29.3 Å². The Morgan fingerprint density at radius 1 is 1.05 bits per heavy atom. The average Bonchev–Trinajstić information content (AvgIpc) is 3.32. The van der Waals surface area contributed by atoms with Crippen LogP contribution in [0.25, 0.3) is 16.7 Å². The first kappa shape index (κ1) is 25.2. The summed E-state index contributed by atoms with van der Waals surface area (Å²) in [7, 11) is 4.75. The second kappa shape index (κ2) is 10.3. The van der Waals surface area contributed by atoms with Crippen LogP contribution < -0.4 is 24.4 Å². The van der Waals surface area contributed by atoms with Gasteiger partial charge in [-0.05, 0) is 38.5 Å². The molecule has 206 valence electrons. The lowest BCUT2D eigenvalue weighted by molar-refractivity contribution is 0.266. The minimum Gasteiger partial charge on any atom is -0.493 e. The van der Waals surface area contributed by atoms with Gasteiger partial charge in [-0.1, -0.05) is 0 Å². The van der Waals surface area contributed by atoms with E-state index >= 15 is 0 Å². The van der Waals surface area contributed by atoms with Crippen LogP contribution in [0.3, 0.4) is 0 Å². The number of aliphatic hydroxyl groups is 1. The molecule has 1 aliphatic carbocycles. The van der Waals surface area contributed by atoms with Crippen LogP contribution in [0.2, 0.25) is 0 Å². The van der Waals surface area contributed by atoms with E-state index in [1.807, 2.05) is 34.5 Å². The number of anilines is 3. The maximum absolute atomic E-state index is 10.0. The largest absolute Gasteiger partial charge is 0.493 e. The predicted octanol–water partition coefficient (Wildman–Crippen LogP) is 3.46. The lowest BCUT2D eigenvalue weighted by atomic mass is 10.2. The standard InChI is InChI=1S/C27H34N8O4/c1-16-23-25(34-9-5-6-18(34)14-36)30-27(31-26(23)35(32-16)12-17-7-8-17)29-22-13-33(15-28-22)19-10-20(37-2)24(39-4)21(11-19)38-3/h10-11,13,15,17-18,36H,5-9,12,14H2,1-4H3,(H,29,30,31). The summed E-state index contributed by atoms with van der Waals surface area (Å²) in [5, 5.41) is 19.1. The molecule has 4 heterocycles. The molecule has 2 fully saturated rings. The summed E-state index contributed by atoms with van der Waals surface area (Å²) in [5.41, 5.74) is 2.50. The van der Waals surface area contributed by atoms with Gasteiger partial charge < -0.3 is 34.1 Å². The molecule has 1 saturated carbocycles. The normalized spacial score (nSPS) is 17.2. The molecule has 3 aromatic heterocycles. The van der Waals surface area contributed by atoms with Crippen molar-refractivity contribution in [2.75, 3.05) is 44.7 Å². The maximum Gasteiger partial charge on any atom is 0.232 e. The zero-order valence-corrected chi connectivity index (χ0v) is 22.7. The molecule has 1 aliphatic heterocycles. The summed E-state index contributed by atoms with van der Waals surface area (Å²) in [4.78, 5) is 16.6. The molecule has 12 nitrogen and oxygen atoms in total. The first-order chi connectivity index (χ1) is 19.0. The number of aromatic nitrogens is 6. The van der Waals surface area contributed by atoms with Gasteiger partial charge in [-0.2, -0.15) is 15.1 Å². The third kappa shape index (κ3) is 4.69. The molecule has 1 aromatic carbocycles. The van der Waals surface area contributed by atoms with E-state index in [-0.39, 0.29) is 12.6 Å². The molecule has 1 unspecified atom stereocenters. The van der Waals surface area contributed by atoms with Gasteiger partial charge in [0.15, 0.2) is 23.0 Å². The Morgan fingerprint density at radius 2 is 1.82 bits per heavy atom. The van der Waals surface area contributed by atoms with Crippen LogP contribution in [0.1, 0.15) is 31.4 Å². The number of nitrogens with one attached hydrogen (secondary N) is 1. The summed E-state index contributed by atoms with van der Waals surface area (Å²) in [5.74, 6) is 4.11. The number of rotatable bonds is 10. The molecule has 12 heteroatoms. The number of ether oxygens (including phenoxy) is 3. The summed E-state index contributed by atoms with van der Waals surface area (Å²) in [6.07, 6.45) is 7.94. The Balaban J connectivity index is 1.37. The van der Waals surface area contributed by atoms with Crippen LogP contribution in [-0.2, 0) is 6.54 Å². The van der Waals surface area contributed by atoms with Gasteiger partial charge in [0.05, 0.1) is 56.9 Å². The highest BCUT2D eigenvalue weighted by atomic mass is 16.5. The average molecular weight is 535 g/mol. The van der Waals surface area contributed by atoms with Gasteiger partial charge >= 0.3 is 0 Å². The molecule has 6 rings (SSSR count). The van der Waals surface area contributed by atoms with Crippen molar-refractivity contribution in [3.05, 3.63) is 30.4 Å². The van der Waals surface area contributed by atoms with Crippen LogP contribution in [0.4, 0.5) is 17.6 Å². The molecule has 0 bridgehead atoms. The van der Waals surface area contributed by atoms with E-state index in [1.165, 1.54) is 12.8 Å². The fourth-order valence-electron chi connectivity index (χ4n) is 5.33. The number of hydrogen-bond acceptors (Lipinski definition) is 10. The lowest BCUT2D eigenvalue weighted by Crippen LogP contribution is -2.33. The van der Waals surface area contributed by atoms with E-state index in [4.69, 9.17) is 29.3 Å². The molecular formula is C27H34N8O4. The van der Waals surface area contributed by atoms with Gasteiger partial charge in [-0.3, -0.25) is 0 Å². The fraction of sp³-hybridized carbons (Fsp3) is 0.481. The molecule has 4 aromatic rings. The van der Waals surface area contributed by atoms with Crippen LogP contribution >= 0.6 is 0 Å². The van der Waals surface area contributed by atoms with Crippen molar-refractivity contribution in [1.29, 1.82) is 0 Å². The topological polar surface area (TPSA) is 125 Å². The third-order valence-corrected chi connectivity index (χ3v) is 7.51. The summed E-state index contributed by atoms with van der Waals surface area (Å²) in [6.45, 7) is 3.77. The van der Waals surface area contributed by atoms with Crippen molar-refractivity contribution in [2.24, 2.45) is 5.92 Å². The molecule has 1 atom stereocenters. The van der Waals surface area contributed by atoms with Gasteiger partial charge in [0.2, 0.25) is 11.7 Å². The van der Waals surface area contributed by atoms with Crippen LogP contribution in [0.5, 0.6) is 17.2 Å². The predicted molar refractivity (Wildman–Crippen MR) is 147 cm³/mol. The van der Waals surface area contributed by atoms with Crippen molar-refractivity contribution in [3.63, 3.8) is 0 Å². The summed E-state index contributed by atoms with van der Waals surface area (Å²) < 4.78 is 20.3. The zero-order valence-electron chi connectivity index (χ0n) is 22.7. The van der Waals surface area contributed by atoms with Crippen molar-refractivity contribution in [3.8, 4) is 22.9 Å². The number of nitrogens with zero attached hydrogens (tertiary/aromatic N) is 7. The Kier molecular flexibility index (Phi) is 6.63.